The Morgan fingerprint density at radius 1 is 1.26 bits per heavy atom. The van der Waals surface area contributed by atoms with Gasteiger partial charge in [-0.15, -0.1) is 0 Å². The maximum absolute atomic E-state index is 12.5. The second kappa shape index (κ2) is 8.31. The molecule has 9 nitrogen and oxygen atoms in total. The SMILES string of the molecule is CS(=O)(=O)N[C@H]1CCCN(C(=O)Nc2cccc(Oc3ncccn3)c2)C1. The van der Waals surface area contributed by atoms with Gasteiger partial charge in [-0.2, -0.15) is 0 Å². The first-order chi connectivity index (χ1) is 12.9. The molecule has 3 rings (SSSR count). The molecular formula is C17H21N5O4S. The fraction of sp³-hybridized carbons (Fsp3) is 0.353. The van der Waals surface area contributed by atoms with Crippen LogP contribution in [-0.4, -0.2) is 54.7 Å². The zero-order valence-corrected chi connectivity index (χ0v) is 15.6. The molecule has 144 valence electrons. The van der Waals surface area contributed by atoms with E-state index in [9.17, 15) is 13.2 Å². The Morgan fingerprint density at radius 3 is 2.78 bits per heavy atom. The molecule has 1 aliphatic rings. The molecule has 2 heterocycles. The van der Waals surface area contributed by atoms with Gasteiger partial charge in [0, 0.05) is 43.3 Å². The van der Waals surface area contributed by atoms with E-state index >= 15 is 0 Å². The Bertz CT molecular complexity index is 891. The third-order valence-corrected chi connectivity index (χ3v) is 4.69. The summed E-state index contributed by atoms with van der Waals surface area (Å²) in [5.41, 5.74) is 0.562. The molecule has 1 aromatic carbocycles. The fourth-order valence-electron chi connectivity index (χ4n) is 2.84. The Kier molecular flexibility index (Phi) is 5.87. The van der Waals surface area contributed by atoms with Crippen LogP contribution in [-0.2, 0) is 10.0 Å². The normalized spacial score (nSPS) is 17.4. The number of amides is 2. The highest BCUT2D eigenvalue weighted by Gasteiger charge is 2.25. The molecule has 10 heteroatoms. The number of nitrogens with zero attached hydrogens (tertiary/aromatic N) is 3. The number of nitrogens with one attached hydrogen (secondary N) is 2. The van der Waals surface area contributed by atoms with Gasteiger partial charge in [-0.25, -0.2) is 27.9 Å². The number of ether oxygens (including phenoxy) is 1. The van der Waals surface area contributed by atoms with E-state index in [1.54, 1.807) is 47.6 Å². The minimum Gasteiger partial charge on any atom is -0.424 e. The minimum absolute atomic E-state index is 0.215. The number of anilines is 1. The van der Waals surface area contributed by atoms with Crippen LogP contribution in [0.4, 0.5) is 10.5 Å². The molecule has 0 saturated carbocycles. The summed E-state index contributed by atoms with van der Waals surface area (Å²) >= 11 is 0. The number of aromatic nitrogens is 2. The molecule has 0 spiro atoms. The van der Waals surface area contributed by atoms with E-state index in [1.807, 2.05) is 0 Å². The molecule has 1 atom stereocenters. The molecule has 1 saturated heterocycles. The van der Waals surface area contributed by atoms with Gasteiger partial charge in [0.15, 0.2) is 0 Å². The van der Waals surface area contributed by atoms with Gasteiger partial charge in [-0.3, -0.25) is 0 Å². The Labute approximate surface area is 157 Å². The maximum atomic E-state index is 12.5. The largest absolute Gasteiger partial charge is 0.424 e. The van der Waals surface area contributed by atoms with Crippen LogP contribution in [0.15, 0.2) is 42.7 Å². The van der Waals surface area contributed by atoms with E-state index in [-0.39, 0.29) is 18.1 Å². The van der Waals surface area contributed by atoms with Crippen molar-refractivity contribution < 1.29 is 17.9 Å². The number of piperidine rings is 1. The summed E-state index contributed by atoms with van der Waals surface area (Å²) in [5.74, 6) is 0.495. The van der Waals surface area contributed by atoms with Crippen molar-refractivity contribution in [3.8, 4) is 11.8 Å². The monoisotopic (exact) mass is 391 g/mol. The average molecular weight is 391 g/mol. The van der Waals surface area contributed by atoms with Gasteiger partial charge in [0.25, 0.3) is 0 Å². The molecule has 1 fully saturated rings. The summed E-state index contributed by atoms with van der Waals surface area (Å²) in [6, 6.07) is 8.24. The van der Waals surface area contributed by atoms with Crippen LogP contribution >= 0.6 is 0 Å². The van der Waals surface area contributed by atoms with E-state index in [2.05, 4.69) is 20.0 Å². The maximum Gasteiger partial charge on any atom is 0.321 e. The lowest BCUT2D eigenvalue weighted by Gasteiger charge is -2.32. The summed E-state index contributed by atoms with van der Waals surface area (Å²) in [4.78, 5) is 22.1. The predicted octanol–water partition coefficient (Wildman–Crippen LogP) is 1.81. The van der Waals surface area contributed by atoms with Crippen LogP contribution in [0.25, 0.3) is 0 Å². The van der Waals surface area contributed by atoms with Gasteiger partial charge in [0.1, 0.15) is 5.75 Å². The van der Waals surface area contributed by atoms with Crippen molar-refractivity contribution in [3.63, 3.8) is 0 Å². The minimum atomic E-state index is -3.30. The van der Waals surface area contributed by atoms with E-state index < -0.39 is 10.0 Å². The Morgan fingerprint density at radius 2 is 2.04 bits per heavy atom. The summed E-state index contributed by atoms with van der Waals surface area (Å²) in [5, 5.41) is 2.81. The number of benzene rings is 1. The van der Waals surface area contributed by atoms with Gasteiger partial charge in [-0.1, -0.05) is 6.07 Å². The number of carbonyl (C=O) groups excluding carboxylic acids is 1. The Balaban J connectivity index is 1.61. The fourth-order valence-corrected chi connectivity index (χ4v) is 3.64. The van der Waals surface area contributed by atoms with Gasteiger partial charge in [0.05, 0.1) is 6.26 Å². The van der Waals surface area contributed by atoms with Crippen molar-refractivity contribution in [3.05, 3.63) is 42.7 Å². The molecule has 0 radical (unpaired) electrons. The topological polar surface area (TPSA) is 114 Å². The summed E-state index contributed by atoms with van der Waals surface area (Å²) < 4.78 is 30.9. The predicted molar refractivity (Wildman–Crippen MR) is 100 cm³/mol. The van der Waals surface area contributed by atoms with Crippen LogP contribution in [0, 0.1) is 0 Å². The first kappa shape index (κ1) is 19.1. The summed E-state index contributed by atoms with van der Waals surface area (Å²) in [6.07, 6.45) is 5.71. The molecule has 1 aliphatic heterocycles. The standard InChI is InChI=1S/C17H21N5O4S/c1-27(24,25)21-14-6-3-10-22(12-14)17(23)20-13-5-2-7-15(11-13)26-16-18-8-4-9-19-16/h2,4-5,7-9,11,14,21H,3,6,10,12H2,1H3,(H,20,23)/t14-/m0/s1. The van der Waals surface area contributed by atoms with Gasteiger partial charge >= 0.3 is 12.0 Å². The lowest BCUT2D eigenvalue weighted by molar-refractivity contribution is 0.190. The number of carbonyl (C=O) groups is 1. The van der Waals surface area contributed by atoms with Crippen molar-refractivity contribution >= 4 is 21.7 Å². The molecule has 0 unspecified atom stereocenters. The highest BCUT2D eigenvalue weighted by Crippen LogP contribution is 2.22. The summed E-state index contributed by atoms with van der Waals surface area (Å²) in [7, 11) is -3.30. The van der Waals surface area contributed by atoms with Crippen molar-refractivity contribution in [1.82, 2.24) is 19.6 Å². The zero-order valence-electron chi connectivity index (χ0n) is 14.8. The molecule has 2 aromatic rings. The van der Waals surface area contributed by atoms with E-state index in [1.165, 1.54) is 0 Å². The highest BCUT2D eigenvalue weighted by molar-refractivity contribution is 7.88. The van der Waals surface area contributed by atoms with Crippen LogP contribution in [0.3, 0.4) is 0 Å². The van der Waals surface area contributed by atoms with Crippen molar-refractivity contribution in [1.29, 1.82) is 0 Å². The van der Waals surface area contributed by atoms with Gasteiger partial charge in [-0.05, 0) is 31.0 Å². The highest BCUT2D eigenvalue weighted by atomic mass is 32.2. The van der Waals surface area contributed by atoms with Crippen LogP contribution in [0.1, 0.15) is 12.8 Å². The average Bonchev–Trinajstić information content (AvgIpc) is 2.62. The van der Waals surface area contributed by atoms with Crippen molar-refractivity contribution in [2.45, 2.75) is 18.9 Å². The zero-order chi connectivity index (χ0) is 19.3. The van der Waals surface area contributed by atoms with Crippen LogP contribution in [0.2, 0.25) is 0 Å². The lowest BCUT2D eigenvalue weighted by atomic mass is 10.1. The molecule has 1 aromatic heterocycles. The summed E-state index contributed by atoms with van der Waals surface area (Å²) in [6.45, 7) is 0.898. The van der Waals surface area contributed by atoms with Crippen molar-refractivity contribution in [2.24, 2.45) is 0 Å². The van der Waals surface area contributed by atoms with Gasteiger partial charge < -0.3 is 15.0 Å². The number of hydrogen-bond donors (Lipinski definition) is 2. The number of rotatable bonds is 5. The molecule has 2 N–H and O–H groups in total. The third kappa shape index (κ3) is 5.90. The first-order valence-electron chi connectivity index (χ1n) is 8.47. The number of urea groups is 1. The van der Waals surface area contributed by atoms with E-state index in [0.29, 0.717) is 30.9 Å². The lowest BCUT2D eigenvalue weighted by Crippen LogP contribution is -2.50. The molecule has 2 amide bonds. The van der Waals surface area contributed by atoms with E-state index in [4.69, 9.17) is 4.74 Å². The van der Waals surface area contributed by atoms with Crippen LogP contribution in [0.5, 0.6) is 11.8 Å². The third-order valence-electron chi connectivity index (χ3n) is 3.93. The molecule has 0 bridgehead atoms. The quantitative estimate of drug-likeness (QED) is 0.804. The smallest absolute Gasteiger partial charge is 0.321 e. The number of likely N-dealkylation sites (tertiary alicyclic amines) is 1. The molecule has 0 aliphatic carbocycles. The molecule has 27 heavy (non-hydrogen) atoms. The number of sulfonamides is 1. The van der Waals surface area contributed by atoms with Crippen LogP contribution < -0.4 is 14.8 Å². The van der Waals surface area contributed by atoms with Gasteiger partial charge in [0.2, 0.25) is 10.0 Å². The number of hydrogen-bond acceptors (Lipinski definition) is 6. The second-order valence-electron chi connectivity index (χ2n) is 6.27. The van der Waals surface area contributed by atoms with E-state index in [0.717, 1.165) is 12.7 Å². The molecular weight excluding hydrogens is 370 g/mol. The van der Waals surface area contributed by atoms with Crippen molar-refractivity contribution in [2.75, 3.05) is 24.7 Å². The Hall–Kier alpha value is -2.72. The second-order valence-corrected chi connectivity index (χ2v) is 8.05. The first-order valence-corrected chi connectivity index (χ1v) is 10.4.